The van der Waals surface area contributed by atoms with Crippen molar-refractivity contribution in [1.82, 2.24) is 5.32 Å². The first-order chi connectivity index (χ1) is 8.34. The summed E-state index contributed by atoms with van der Waals surface area (Å²) in [6.45, 7) is 2.00. The molecule has 1 aliphatic rings. The zero-order chi connectivity index (χ0) is 11.7. The van der Waals surface area contributed by atoms with Crippen molar-refractivity contribution in [2.45, 2.75) is 12.5 Å². The van der Waals surface area contributed by atoms with Gasteiger partial charge < -0.3 is 10.1 Å². The fraction of sp³-hybridized carbons (Fsp3) is 0.286. The van der Waals surface area contributed by atoms with Gasteiger partial charge in [0.25, 0.3) is 0 Å². The second kappa shape index (κ2) is 4.67. The fourth-order valence-corrected chi connectivity index (χ4v) is 2.80. The van der Waals surface area contributed by atoms with Crippen LogP contribution in [0.1, 0.15) is 6.42 Å². The zero-order valence-corrected chi connectivity index (χ0v) is 11.0. The van der Waals surface area contributed by atoms with Gasteiger partial charge in [0.15, 0.2) is 0 Å². The smallest absolute Gasteiger partial charge is 0.134 e. The molecule has 3 heteroatoms. The third-order valence-corrected chi connectivity index (χ3v) is 3.95. The SMILES string of the molecule is Brc1c(O[C@H]2CCNC2)ccc2ccccc12. The maximum Gasteiger partial charge on any atom is 0.134 e. The third-order valence-electron chi connectivity index (χ3n) is 3.14. The Balaban J connectivity index is 1.96. The van der Waals surface area contributed by atoms with Gasteiger partial charge in [0, 0.05) is 6.54 Å². The number of nitrogens with one attached hydrogen (secondary N) is 1. The average Bonchev–Trinajstić information content (AvgIpc) is 2.86. The highest BCUT2D eigenvalue weighted by Gasteiger charge is 2.17. The van der Waals surface area contributed by atoms with E-state index in [1.54, 1.807) is 0 Å². The van der Waals surface area contributed by atoms with Crippen LogP contribution in [-0.2, 0) is 0 Å². The minimum Gasteiger partial charge on any atom is -0.488 e. The van der Waals surface area contributed by atoms with Gasteiger partial charge in [-0.05, 0) is 45.7 Å². The molecule has 0 unspecified atom stereocenters. The maximum absolute atomic E-state index is 6.00. The van der Waals surface area contributed by atoms with Crippen molar-refractivity contribution in [2.24, 2.45) is 0 Å². The first kappa shape index (κ1) is 11.1. The minimum absolute atomic E-state index is 0.299. The molecule has 1 heterocycles. The van der Waals surface area contributed by atoms with Gasteiger partial charge in [-0.15, -0.1) is 0 Å². The van der Waals surface area contributed by atoms with Crippen LogP contribution in [0, 0.1) is 0 Å². The van der Waals surface area contributed by atoms with Gasteiger partial charge in [0.05, 0.1) is 4.47 Å². The number of ether oxygens (including phenoxy) is 1. The Labute approximate surface area is 109 Å². The Morgan fingerprint density at radius 1 is 1.18 bits per heavy atom. The van der Waals surface area contributed by atoms with E-state index in [1.807, 2.05) is 12.1 Å². The first-order valence-corrected chi connectivity index (χ1v) is 6.68. The lowest BCUT2D eigenvalue weighted by Crippen LogP contribution is -2.19. The molecule has 17 heavy (non-hydrogen) atoms. The van der Waals surface area contributed by atoms with E-state index in [0.717, 1.165) is 29.7 Å². The van der Waals surface area contributed by atoms with Crippen LogP contribution in [0.4, 0.5) is 0 Å². The summed E-state index contributed by atoms with van der Waals surface area (Å²) in [6, 6.07) is 12.5. The molecular formula is C14H14BrNO. The van der Waals surface area contributed by atoms with Crippen LogP contribution < -0.4 is 10.1 Å². The molecule has 0 aromatic heterocycles. The molecule has 0 radical (unpaired) electrons. The normalized spacial score (nSPS) is 19.7. The van der Waals surface area contributed by atoms with Crippen LogP contribution in [0.2, 0.25) is 0 Å². The molecule has 1 saturated heterocycles. The van der Waals surface area contributed by atoms with Crippen molar-refractivity contribution in [3.05, 3.63) is 40.9 Å². The molecule has 2 nitrogen and oxygen atoms in total. The molecule has 0 amide bonds. The van der Waals surface area contributed by atoms with Gasteiger partial charge >= 0.3 is 0 Å². The van der Waals surface area contributed by atoms with E-state index in [0.29, 0.717) is 6.10 Å². The molecule has 1 atom stereocenters. The molecule has 88 valence electrons. The van der Waals surface area contributed by atoms with Gasteiger partial charge in [0.1, 0.15) is 11.9 Å². The summed E-state index contributed by atoms with van der Waals surface area (Å²) in [6.07, 6.45) is 1.38. The van der Waals surface area contributed by atoms with Crippen molar-refractivity contribution in [3.63, 3.8) is 0 Å². The van der Waals surface area contributed by atoms with Crippen LogP contribution in [0.15, 0.2) is 40.9 Å². The van der Waals surface area contributed by atoms with Gasteiger partial charge in [-0.3, -0.25) is 0 Å². The maximum atomic E-state index is 6.00. The summed E-state index contributed by atoms with van der Waals surface area (Å²) in [5.74, 6) is 0.942. The molecular weight excluding hydrogens is 278 g/mol. The number of halogens is 1. The predicted octanol–water partition coefficient (Wildman–Crippen LogP) is 3.34. The number of hydrogen-bond donors (Lipinski definition) is 1. The Kier molecular flexibility index (Phi) is 3.04. The van der Waals surface area contributed by atoms with E-state index in [-0.39, 0.29) is 0 Å². The summed E-state index contributed by atoms with van der Waals surface area (Å²) in [4.78, 5) is 0. The van der Waals surface area contributed by atoms with Crippen LogP contribution in [-0.4, -0.2) is 19.2 Å². The molecule has 1 aliphatic heterocycles. The lowest BCUT2D eigenvalue weighted by Gasteiger charge is -2.15. The predicted molar refractivity (Wildman–Crippen MR) is 73.6 cm³/mol. The molecule has 1 fully saturated rings. The van der Waals surface area contributed by atoms with Gasteiger partial charge in [-0.1, -0.05) is 30.3 Å². The van der Waals surface area contributed by atoms with Crippen LogP contribution >= 0.6 is 15.9 Å². The number of hydrogen-bond acceptors (Lipinski definition) is 2. The highest BCUT2D eigenvalue weighted by Crippen LogP contribution is 2.33. The number of rotatable bonds is 2. The Morgan fingerprint density at radius 2 is 2.06 bits per heavy atom. The van der Waals surface area contributed by atoms with Gasteiger partial charge in [-0.2, -0.15) is 0 Å². The molecule has 3 rings (SSSR count). The molecule has 0 spiro atoms. The Morgan fingerprint density at radius 3 is 2.88 bits per heavy atom. The minimum atomic E-state index is 0.299. The largest absolute Gasteiger partial charge is 0.488 e. The summed E-state index contributed by atoms with van der Waals surface area (Å²) in [5, 5.41) is 5.75. The highest BCUT2D eigenvalue weighted by atomic mass is 79.9. The molecule has 2 aromatic rings. The van der Waals surface area contributed by atoms with Gasteiger partial charge in [-0.25, -0.2) is 0 Å². The quantitative estimate of drug-likeness (QED) is 0.916. The third kappa shape index (κ3) is 2.17. The van der Waals surface area contributed by atoms with E-state index in [4.69, 9.17) is 4.74 Å². The zero-order valence-electron chi connectivity index (χ0n) is 9.45. The van der Waals surface area contributed by atoms with Crippen molar-refractivity contribution in [3.8, 4) is 5.75 Å². The molecule has 0 aliphatic carbocycles. The highest BCUT2D eigenvalue weighted by molar-refractivity contribution is 9.10. The van der Waals surface area contributed by atoms with Crippen molar-refractivity contribution in [1.29, 1.82) is 0 Å². The molecule has 0 saturated carbocycles. The van der Waals surface area contributed by atoms with E-state index >= 15 is 0 Å². The Bertz CT molecular complexity index is 535. The molecule has 0 bridgehead atoms. The van der Waals surface area contributed by atoms with E-state index in [9.17, 15) is 0 Å². The number of benzene rings is 2. The van der Waals surface area contributed by atoms with Crippen LogP contribution in [0.25, 0.3) is 10.8 Å². The first-order valence-electron chi connectivity index (χ1n) is 5.89. The van der Waals surface area contributed by atoms with E-state index < -0.39 is 0 Å². The fourth-order valence-electron chi connectivity index (χ4n) is 2.21. The summed E-state index contributed by atoms with van der Waals surface area (Å²) >= 11 is 3.64. The second-order valence-electron chi connectivity index (χ2n) is 4.33. The van der Waals surface area contributed by atoms with E-state index in [2.05, 4.69) is 45.5 Å². The number of fused-ring (bicyclic) bond motifs is 1. The Hall–Kier alpha value is -1.06. The van der Waals surface area contributed by atoms with Crippen molar-refractivity contribution < 1.29 is 4.74 Å². The summed E-state index contributed by atoms with van der Waals surface area (Å²) in [5.41, 5.74) is 0. The lowest BCUT2D eigenvalue weighted by molar-refractivity contribution is 0.222. The van der Waals surface area contributed by atoms with Crippen LogP contribution in [0.5, 0.6) is 5.75 Å². The monoisotopic (exact) mass is 291 g/mol. The van der Waals surface area contributed by atoms with E-state index in [1.165, 1.54) is 10.8 Å². The van der Waals surface area contributed by atoms with Crippen LogP contribution in [0.3, 0.4) is 0 Å². The second-order valence-corrected chi connectivity index (χ2v) is 5.12. The summed E-state index contributed by atoms with van der Waals surface area (Å²) in [7, 11) is 0. The van der Waals surface area contributed by atoms with Crippen molar-refractivity contribution >= 4 is 26.7 Å². The standard InChI is InChI=1S/C14H14BrNO/c15-14-12-4-2-1-3-10(12)5-6-13(14)17-11-7-8-16-9-11/h1-6,11,16H,7-9H2/t11-/m0/s1. The summed E-state index contributed by atoms with van der Waals surface area (Å²) < 4.78 is 7.06. The molecule has 2 aromatic carbocycles. The lowest BCUT2D eigenvalue weighted by atomic mass is 10.1. The van der Waals surface area contributed by atoms with Gasteiger partial charge in [0.2, 0.25) is 0 Å². The average molecular weight is 292 g/mol. The van der Waals surface area contributed by atoms with Crippen molar-refractivity contribution in [2.75, 3.05) is 13.1 Å². The topological polar surface area (TPSA) is 21.3 Å². The molecule has 1 N–H and O–H groups in total.